The quantitative estimate of drug-likeness (QED) is 0.748. The highest BCUT2D eigenvalue weighted by atomic mass is 79.9. The Morgan fingerprint density at radius 1 is 1.20 bits per heavy atom. The summed E-state index contributed by atoms with van der Waals surface area (Å²) in [5.74, 6) is 0. The number of halogens is 1. The largest absolute Gasteiger partial charge is 0.306 e. The van der Waals surface area contributed by atoms with Crippen molar-refractivity contribution in [1.82, 2.24) is 4.90 Å². The van der Waals surface area contributed by atoms with Crippen molar-refractivity contribution < 1.29 is 4.48 Å². The molecule has 0 radical (unpaired) electrons. The van der Waals surface area contributed by atoms with Gasteiger partial charge in [-0.15, -0.1) is 0 Å². The standard InChI is InChI=1S/C17H24BrN2/c1-16-8-17(2)10-19(9-16)13-20(11-16,12-17)7-14-4-3-5-15(18)6-14/h3-6H,7-13H2,1-2H3/q+1/t16-,17+,20?. The molecule has 2 unspecified atom stereocenters. The van der Waals surface area contributed by atoms with E-state index in [4.69, 9.17) is 0 Å². The number of hydrogen-bond donors (Lipinski definition) is 0. The zero-order valence-corrected chi connectivity index (χ0v) is 14.1. The maximum Gasteiger partial charge on any atom is 0.135 e. The number of piperidine rings is 2. The maximum atomic E-state index is 3.62. The van der Waals surface area contributed by atoms with Crippen LogP contribution >= 0.6 is 15.9 Å². The van der Waals surface area contributed by atoms with Gasteiger partial charge in [-0.1, -0.05) is 41.9 Å². The molecule has 4 aliphatic rings. The molecule has 4 fully saturated rings. The van der Waals surface area contributed by atoms with Gasteiger partial charge in [0.2, 0.25) is 0 Å². The Morgan fingerprint density at radius 2 is 1.90 bits per heavy atom. The van der Waals surface area contributed by atoms with Crippen LogP contribution in [0.2, 0.25) is 0 Å². The van der Waals surface area contributed by atoms with Crippen LogP contribution in [0.4, 0.5) is 0 Å². The third kappa shape index (κ3) is 2.15. The minimum absolute atomic E-state index is 0.537. The normalized spacial score (nSPS) is 45.9. The Morgan fingerprint density at radius 3 is 2.50 bits per heavy atom. The first kappa shape index (κ1) is 13.3. The van der Waals surface area contributed by atoms with Crippen molar-refractivity contribution >= 4 is 15.9 Å². The molecule has 0 N–H and O–H groups in total. The lowest BCUT2D eigenvalue weighted by Gasteiger charge is -2.66. The van der Waals surface area contributed by atoms with Gasteiger partial charge < -0.3 is 4.48 Å². The van der Waals surface area contributed by atoms with Gasteiger partial charge in [0.05, 0.1) is 13.1 Å². The summed E-state index contributed by atoms with van der Waals surface area (Å²) in [4.78, 5) is 2.73. The van der Waals surface area contributed by atoms with E-state index in [2.05, 4.69) is 58.9 Å². The first-order valence-corrected chi connectivity index (χ1v) is 8.49. The molecule has 4 bridgehead atoms. The lowest BCUT2D eigenvalue weighted by Crippen LogP contribution is -2.77. The topological polar surface area (TPSA) is 3.24 Å². The molecule has 0 aliphatic carbocycles. The van der Waals surface area contributed by atoms with Crippen LogP contribution in [-0.4, -0.2) is 42.2 Å². The summed E-state index contributed by atoms with van der Waals surface area (Å²) in [6.07, 6.45) is 1.43. The summed E-state index contributed by atoms with van der Waals surface area (Å²) in [6.45, 7) is 12.9. The van der Waals surface area contributed by atoms with Crippen molar-refractivity contribution in [2.24, 2.45) is 10.8 Å². The van der Waals surface area contributed by atoms with Gasteiger partial charge in [-0.3, -0.25) is 4.90 Å². The molecule has 4 saturated heterocycles. The second-order valence-electron chi connectivity index (χ2n) is 8.37. The van der Waals surface area contributed by atoms with Gasteiger partial charge in [0.1, 0.15) is 13.2 Å². The predicted octanol–water partition coefficient (Wildman–Crippen LogP) is 3.47. The number of rotatable bonds is 2. The van der Waals surface area contributed by atoms with Gasteiger partial charge in [0, 0.05) is 34.0 Å². The van der Waals surface area contributed by atoms with Crippen molar-refractivity contribution in [2.45, 2.75) is 26.8 Å². The molecule has 4 aliphatic heterocycles. The molecule has 4 atom stereocenters. The van der Waals surface area contributed by atoms with E-state index < -0.39 is 0 Å². The SMILES string of the molecule is C[C@]12CN3C[C@](C)(C1)C[N+](Cc1cccc(Br)c1)(C3)C2. The Labute approximate surface area is 130 Å². The molecular weight excluding hydrogens is 312 g/mol. The molecule has 0 amide bonds. The van der Waals surface area contributed by atoms with E-state index in [9.17, 15) is 0 Å². The second kappa shape index (κ2) is 4.08. The van der Waals surface area contributed by atoms with Crippen LogP contribution in [0, 0.1) is 10.8 Å². The van der Waals surface area contributed by atoms with Gasteiger partial charge in [-0.05, 0) is 18.6 Å². The summed E-state index contributed by atoms with van der Waals surface area (Å²) in [6, 6.07) is 8.90. The van der Waals surface area contributed by atoms with Crippen molar-refractivity contribution in [2.75, 3.05) is 32.8 Å². The Balaban J connectivity index is 1.67. The first-order chi connectivity index (χ1) is 9.38. The summed E-state index contributed by atoms with van der Waals surface area (Å²) in [5.41, 5.74) is 2.56. The average molecular weight is 336 g/mol. The van der Waals surface area contributed by atoms with E-state index in [0.29, 0.717) is 10.8 Å². The molecule has 0 spiro atoms. The fraction of sp³-hybridized carbons (Fsp3) is 0.647. The van der Waals surface area contributed by atoms with Gasteiger partial charge in [0.25, 0.3) is 0 Å². The summed E-state index contributed by atoms with van der Waals surface area (Å²) in [7, 11) is 0. The van der Waals surface area contributed by atoms with Gasteiger partial charge in [-0.2, -0.15) is 0 Å². The second-order valence-corrected chi connectivity index (χ2v) is 9.29. The van der Waals surface area contributed by atoms with Crippen LogP contribution in [0.5, 0.6) is 0 Å². The van der Waals surface area contributed by atoms with Crippen LogP contribution in [-0.2, 0) is 6.54 Å². The molecule has 20 heavy (non-hydrogen) atoms. The minimum Gasteiger partial charge on any atom is -0.306 e. The van der Waals surface area contributed by atoms with Crippen LogP contribution in [0.1, 0.15) is 25.8 Å². The molecule has 2 nitrogen and oxygen atoms in total. The van der Waals surface area contributed by atoms with Crippen LogP contribution < -0.4 is 0 Å². The highest BCUT2D eigenvalue weighted by Crippen LogP contribution is 2.52. The van der Waals surface area contributed by atoms with E-state index in [1.165, 1.54) is 60.3 Å². The maximum absolute atomic E-state index is 3.62. The van der Waals surface area contributed by atoms with E-state index in [1.54, 1.807) is 0 Å². The minimum atomic E-state index is 0.537. The third-order valence-electron chi connectivity index (χ3n) is 5.41. The summed E-state index contributed by atoms with van der Waals surface area (Å²) >= 11 is 3.62. The van der Waals surface area contributed by atoms with Crippen LogP contribution in [0.15, 0.2) is 28.7 Å². The van der Waals surface area contributed by atoms with Gasteiger partial charge >= 0.3 is 0 Å². The highest BCUT2D eigenvalue weighted by Gasteiger charge is 2.60. The first-order valence-electron chi connectivity index (χ1n) is 7.70. The molecule has 108 valence electrons. The van der Waals surface area contributed by atoms with Crippen molar-refractivity contribution in [1.29, 1.82) is 0 Å². The van der Waals surface area contributed by atoms with Crippen LogP contribution in [0.3, 0.4) is 0 Å². The molecule has 1 aromatic rings. The van der Waals surface area contributed by atoms with Crippen molar-refractivity contribution in [3.05, 3.63) is 34.3 Å². The Kier molecular flexibility index (Phi) is 2.72. The third-order valence-corrected chi connectivity index (χ3v) is 5.90. The smallest absolute Gasteiger partial charge is 0.135 e. The fourth-order valence-corrected chi connectivity index (χ4v) is 6.42. The summed E-state index contributed by atoms with van der Waals surface area (Å²) < 4.78 is 2.49. The molecule has 4 heterocycles. The Bertz CT molecular complexity index is 538. The lowest BCUT2D eigenvalue weighted by atomic mass is 9.63. The van der Waals surface area contributed by atoms with E-state index in [-0.39, 0.29) is 0 Å². The zero-order chi connectivity index (χ0) is 14.0. The Hall–Kier alpha value is -0.380. The van der Waals surface area contributed by atoms with Crippen LogP contribution in [0.25, 0.3) is 0 Å². The lowest BCUT2D eigenvalue weighted by molar-refractivity contribution is -0.981. The average Bonchev–Trinajstić information content (AvgIpc) is 2.22. The number of benzene rings is 1. The monoisotopic (exact) mass is 335 g/mol. The number of quaternary nitrogens is 1. The summed E-state index contributed by atoms with van der Waals surface area (Å²) in [5, 5.41) is 0. The molecule has 0 saturated carbocycles. The molecule has 3 heteroatoms. The molecule has 0 aromatic heterocycles. The number of hydrogen-bond acceptors (Lipinski definition) is 1. The predicted molar refractivity (Wildman–Crippen MR) is 85.1 cm³/mol. The molecule has 5 rings (SSSR count). The van der Waals surface area contributed by atoms with E-state index >= 15 is 0 Å². The van der Waals surface area contributed by atoms with Gasteiger partial charge in [-0.25, -0.2) is 0 Å². The zero-order valence-electron chi connectivity index (χ0n) is 12.5. The van der Waals surface area contributed by atoms with E-state index in [1.807, 2.05) is 0 Å². The molecule has 1 aromatic carbocycles. The van der Waals surface area contributed by atoms with E-state index in [0.717, 1.165) is 0 Å². The number of nitrogens with zero attached hydrogens (tertiary/aromatic N) is 2. The van der Waals surface area contributed by atoms with Crippen molar-refractivity contribution in [3.63, 3.8) is 0 Å². The highest BCUT2D eigenvalue weighted by molar-refractivity contribution is 9.10. The van der Waals surface area contributed by atoms with Crippen molar-refractivity contribution in [3.8, 4) is 0 Å². The molecular formula is C17H24BrN2+. The fourth-order valence-electron chi connectivity index (χ4n) is 5.97. The van der Waals surface area contributed by atoms with Gasteiger partial charge in [0.15, 0.2) is 0 Å².